The number of aliphatic hydroxyl groups is 1. The number of amides is 1. The van der Waals surface area contributed by atoms with Crippen LogP contribution in [0.25, 0.3) is 11.3 Å². The van der Waals surface area contributed by atoms with Crippen LogP contribution in [-0.2, 0) is 22.2 Å². The molecule has 0 saturated heterocycles. The molecule has 0 spiro atoms. The minimum Gasteiger partial charge on any atom is -0.386 e. The van der Waals surface area contributed by atoms with Crippen LogP contribution in [0.15, 0.2) is 77.7 Å². The zero-order chi connectivity index (χ0) is 30.2. The number of benzene rings is 3. The van der Waals surface area contributed by atoms with Crippen LogP contribution in [0.4, 0.5) is 5.95 Å². The van der Waals surface area contributed by atoms with Crippen LogP contribution in [0, 0.1) is 13.8 Å². The second-order valence-corrected chi connectivity index (χ2v) is 13.3. The van der Waals surface area contributed by atoms with Crippen LogP contribution in [0.1, 0.15) is 71.4 Å². The highest BCUT2D eigenvalue weighted by molar-refractivity contribution is 7.92. The first-order valence-corrected chi connectivity index (χ1v) is 15.5. The number of fused-ring (bicyclic) bond motifs is 4. The van der Waals surface area contributed by atoms with Crippen molar-refractivity contribution in [3.8, 4) is 11.3 Å². The Hall–Kier alpha value is -4.08. The van der Waals surface area contributed by atoms with Crippen molar-refractivity contribution < 1.29 is 18.3 Å². The first-order valence-electron chi connectivity index (χ1n) is 14.0. The summed E-state index contributed by atoms with van der Waals surface area (Å²) in [5, 5.41) is 10.3. The fraction of sp³-hybridized carbons (Fsp3) is 0.303. The number of carbonyl (C=O) groups is 1. The zero-order valence-electron chi connectivity index (χ0n) is 24.5. The van der Waals surface area contributed by atoms with E-state index in [-0.39, 0.29) is 28.2 Å². The predicted molar refractivity (Wildman–Crippen MR) is 164 cm³/mol. The quantitative estimate of drug-likeness (QED) is 0.307. The van der Waals surface area contributed by atoms with Gasteiger partial charge in [-0.05, 0) is 80.6 Å². The molecule has 0 fully saturated rings. The predicted octanol–water partition coefficient (Wildman–Crippen LogP) is 5.94. The molecule has 1 aromatic heterocycles. The molecule has 1 amide bonds. The highest BCUT2D eigenvalue weighted by atomic mass is 32.2. The number of rotatable bonds is 4. The normalized spacial score (nSPS) is 17.0. The summed E-state index contributed by atoms with van der Waals surface area (Å²) in [5.41, 5.74) is 5.31. The molecule has 5 rings (SSSR count). The molecule has 1 aliphatic rings. The van der Waals surface area contributed by atoms with E-state index in [1.165, 1.54) is 12.1 Å². The van der Waals surface area contributed by atoms with Crippen LogP contribution in [0.5, 0.6) is 0 Å². The maximum absolute atomic E-state index is 13.8. The highest BCUT2D eigenvalue weighted by Crippen LogP contribution is 2.31. The van der Waals surface area contributed by atoms with E-state index >= 15 is 0 Å². The SMILES string of the molecule is Cc1cccc(C)c1-c1cc2nc(n1)NS(=O)(=O)c1cccc(c1)C(=O)N(Cc1ccc(C(C)(C)O)cc1)CCC2C. The van der Waals surface area contributed by atoms with E-state index in [1.807, 2.05) is 69.3 Å². The molecule has 4 aromatic rings. The second kappa shape index (κ2) is 11.3. The van der Waals surface area contributed by atoms with E-state index in [9.17, 15) is 18.3 Å². The Morgan fingerprint density at radius 1 is 0.976 bits per heavy atom. The summed E-state index contributed by atoms with van der Waals surface area (Å²) in [7, 11) is -4.08. The van der Waals surface area contributed by atoms with Gasteiger partial charge in [0, 0.05) is 35.8 Å². The molecule has 3 aromatic carbocycles. The first kappa shape index (κ1) is 29.4. The third-order valence-electron chi connectivity index (χ3n) is 7.76. The lowest BCUT2D eigenvalue weighted by atomic mass is 9.96. The van der Waals surface area contributed by atoms with Gasteiger partial charge in [-0.3, -0.25) is 4.79 Å². The summed E-state index contributed by atoms with van der Waals surface area (Å²) in [5.74, 6) is -0.369. The third-order valence-corrected chi connectivity index (χ3v) is 9.08. The van der Waals surface area contributed by atoms with Crippen molar-refractivity contribution in [2.75, 3.05) is 11.3 Å². The number of aromatic nitrogens is 2. The molecule has 218 valence electrons. The summed E-state index contributed by atoms with van der Waals surface area (Å²) < 4.78 is 29.5. The van der Waals surface area contributed by atoms with Gasteiger partial charge in [0.05, 0.1) is 16.2 Å². The Bertz CT molecular complexity index is 1720. The van der Waals surface area contributed by atoms with Gasteiger partial charge in [0.1, 0.15) is 0 Å². The topological polar surface area (TPSA) is 112 Å². The van der Waals surface area contributed by atoms with Crippen molar-refractivity contribution in [2.24, 2.45) is 0 Å². The van der Waals surface area contributed by atoms with Crippen LogP contribution in [0.3, 0.4) is 0 Å². The lowest BCUT2D eigenvalue weighted by molar-refractivity contribution is 0.0734. The summed E-state index contributed by atoms with van der Waals surface area (Å²) >= 11 is 0. The van der Waals surface area contributed by atoms with Crippen LogP contribution in [-0.4, -0.2) is 40.8 Å². The number of carbonyl (C=O) groups excluding carboxylic acids is 1. The molecule has 2 N–H and O–H groups in total. The van der Waals surface area contributed by atoms with Gasteiger partial charge < -0.3 is 10.0 Å². The van der Waals surface area contributed by atoms with Gasteiger partial charge in [0.25, 0.3) is 15.9 Å². The maximum atomic E-state index is 13.8. The number of hydrogen-bond donors (Lipinski definition) is 2. The molecule has 42 heavy (non-hydrogen) atoms. The second-order valence-electron chi connectivity index (χ2n) is 11.6. The number of aryl methyl sites for hydroxylation is 2. The van der Waals surface area contributed by atoms with Crippen molar-refractivity contribution in [3.63, 3.8) is 0 Å². The summed E-state index contributed by atoms with van der Waals surface area (Å²) in [6.07, 6.45) is 0.600. The van der Waals surface area contributed by atoms with Gasteiger partial charge in [0.15, 0.2) is 0 Å². The van der Waals surface area contributed by atoms with Gasteiger partial charge in [-0.2, -0.15) is 0 Å². The number of nitrogens with one attached hydrogen (secondary N) is 1. The standard InChI is InChI=1S/C33H36N4O4S/c1-21-16-17-37(20-24-12-14-26(15-13-24)33(4,5)39)31(38)25-10-7-11-27(18-25)42(40,41)36-32-34-28(21)19-29(35-32)30-22(2)8-6-9-23(30)3/h6-15,18-19,21,39H,16-17,20H2,1-5H3,(H,34,35,36). The summed E-state index contributed by atoms with van der Waals surface area (Å²) in [6, 6.07) is 21.5. The van der Waals surface area contributed by atoms with E-state index in [0.29, 0.717) is 30.9 Å². The van der Waals surface area contributed by atoms with Crippen molar-refractivity contribution in [1.82, 2.24) is 14.9 Å². The van der Waals surface area contributed by atoms with Gasteiger partial charge in [-0.15, -0.1) is 0 Å². The molecule has 2 heterocycles. The minimum absolute atomic E-state index is 0.00303. The van der Waals surface area contributed by atoms with Gasteiger partial charge >= 0.3 is 0 Å². The van der Waals surface area contributed by atoms with E-state index in [4.69, 9.17) is 0 Å². The number of nitrogens with zero attached hydrogens (tertiary/aromatic N) is 3. The Balaban J connectivity index is 1.58. The fourth-order valence-electron chi connectivity index (χ4n) is 5.26. The van der Waals surface area contributed by atoms with Gasteiger partial charge in [-0.1, -0.05) is 55.5 Å². The van der Waals surface area contributed by atoms with Gasteiger partial charge in [0.2, 0.25) is 5.95 Å². The number of hydrogen-bond acceptors (Lipinski definition) is 6. The Morgan fingerprint density at radius 3 is 2.31 bits per heavy atom. The average molecular weight is 585 g/mol. The average Bonchev–Trinajstić information content (AvgIpc) is 2.94. The summed E-state index contributed by atoms with van der Waals surface area (Å²) in [4.78, 5) is 24.8. The first-order chi connectivity index (χ1) is 19.8. The monoisotopic (exact) mass is 584 g/mol. The van der Waals surface area contributed by atoms with E-state index in [0.717, 1.165) is 27.8 Å². The Labute approximate surface area is 247 Å². The number of anilines is 1. The van der Waals surface area contributed by atoms with E-state index in [2.05, 4.69) is 14.7 Å². The maximum Gasteiger partial charge on any atom is 0.264 e. The molecule has 1 unspecified atom stereocenters. The lowest BCUT2D eigenvalue weighted by Gasteiger charge is -2.25. The largest absolute Gasteiger partial charge is 0.386 e. The van der Waals surface area contributed by atoms with E-state index in [1.54, 1.807) is 30.9 Å². The minimum atomic E-state index is -4.08. The molecule has 1 atom stereocenters. The highest BCUT2D eigenvalue weighted by Gasteiger charge is 2.25. The molecule has 0 radical (unpaired) electrons. The zero-order valence-corrected chi connectivity index (χ0v) is 25.4. The smallest absolute Gasteiger partial charge is 0.264 e. The van der Waals surface area contributed by atoms with Crippen LogP contribution < -0.4 is 4.72 Å². The van der Waals surface area contributed by atoms with Crippen molar-refractivity contribution in [2.45, 2.75) is 64.0 Å². The van der Waals surface area contributed by atoms with E-state index < -0.39 is 15.6 Å². The van der Waals surface area contributed by atoms with Crippen molar-refractivity contribution in [1.29, 1.82) is 0 Å². The molecular weight excluding hydrogens is 548 g/mol. The van der Waals surface area contributed by atoms with Crippen LogP contribution >= 0.6 is 0 Å². The molecule has 1 aliphatic heterocycles. The lowest BCUT2D eigenvalue weighted by Crippen LogP contribution is -2.32. The van der Waals surface area contributed by atoms with Crippen LogP contribution in [0.2, 0.25) is 0 Å². The molecule has 8 nitrogen and oxygen atoms in total. The number of sulfonamides is 1. The van der Waals surface area contributed by atoms with Gasteiger partial charge in [-0.25, -0.2) is 23.1 Å². The molecule has 4 bridgehead atoms. The molecule has 9 heteroatoms. The third kappa shape index (κ3) is 6.22. The summed E-state index contributed by atoms with van der Waals surface area (Å²) in [6.45, 7) is 10.2. The van der Waals surface area contributed by atoms with Crippen molar-refractivity contribution >= 4 is 21.9 Å². The Kier molecular flexibility index (Phi) is 7.92. The molecular formula is C33H36N4O4S. The Morgan fingerprint density at radius 2 is 1.64 bits per heavy atom. The fourth-order valence-corrected chi connectivity index (χ4v) is 6.25. The molecule has 0 saturated carbocycles. The van der Waals surface area contributed by atoms with Crippen molar-refractivity contribution in [3.05, 3.63) is 106 Å². The molecule has 0 aliphatic carbocycles.